The number of rotatable bonds is 2. The molecular formula is C12H16N2. The van der Waals surface area contributed by atoms with Gasteiger partial charge in [-0.1, -0.05) is 20.4 Å². The average Bonchev–Trinajstić information content (AvgIpc) is 2.62. The second-order valence-corrected chi connectivity index (χ2v) is 4.20. The summed E-state index contributed by atoms with van der Waals surface area (Å²) in [5.74, 6) is 1.26. The highest BCUT2D eigenvalue weighted by Crippen LogP contribution is 2.22. The SMILES string of the molecule is C=C(c1ncc2c(n1)CCC2)C(C)C. The van der Waals surface area contributed by atoms with Crippen molar-refractivity contribution >= 4 is 5.57 Å². The van der Waals surface area contributed by atoms with Crippen LogP contribution < -0.4 is 0 Å². The van der Waals surface area contributed by atoms with Crippen molar-refractivity contribution in [2.24, 2.45) is 5.92 Å². The number of allylic oxidation sites excluding steroid dienone is 1. The Bertz CT molecular complexity index is 367. The van der Waals surface area contributed by atoms with Crippen molar-refractivity contribution in [1.82, 2.24) is 9.97 Å². The zero-order chi connectivity index (χ0) is 10.1. The second kappa shape index (κ2) is 3.52. The van der Waals surface area contributed by atoms with Crippen molar-refractivity contribution in [3.8, 4) is 0 Å². The van der Waals surface area contributed by atoms with Gasteiger partial charge in [-0.05, 0) is 36.3 Å². The summed E-state index contributed by atoms with van der Waals surface area (Å²) in [6.45, 7) is 8.27. The summed E-state index contributed by atoms with van der Waals surface area (Å²) in [5, 5.41) is 0. The van der Waals surface area contributed by atoms with Crippen molar-refractivity contribution in [3.63, 3.8) is 0 Å². The molecule has 0 bridgehead atoms. The fourth-order valence-corrected chi connectivity index (χ4v) is 1.73. The van der Waals surface area contributed by atoms with Gasteiger partial charge in [0.15, 0.2) is 5.82 Å². The molecule has 0 amide bonds. The average molecular weight is 188 g/mol. The van der Waals surface area contributed by atoms with E-state index in [0.717, 1.165) is 24.2 Å². The Kier molecular flexibility index (Phi) is 2.36. The molecule has 74 valence electrons. The third-order valence-corrected chi connectivity index (χ3v) is 2.80. The summed E-state index contributed by atoms with van der Waals surface area (Å²) >= 11 is 0. The van der Waals surface area contributed by atoms with Crippen LogP contribution in [0.2, 0.25) is 0 Å². The van der Waals surface area contributed by atoms with Gasteiger partial charge < -0.3 is 0 Å². The minimum Gasteiger partial charge on any atom is -0.237 e. The van der Waals surface area contributed by atoms with Crippen LogP contribution in [-0.4, -0.2) is 9.97 Å². The first-order valence-electron chi connectivity index (χ1n) is 5.22. The molecule has 1 aromatic heterocycles. The summed E-state index contributed by atoms with van der Waals surface area (Å²) in [5.41, 5.74) is 3.60. The molecule has 0 aromatic carbocycles. The van der Waals surface area contributed by atoms with Crippen LogP contribution >= 0.6 is 0 Å². The molecule has 0 aliphatic heterocycles. The van der Waals surface area contributed by atoms with E-state index in [2.05, 4.69) is 30.4 Å². The largest absolute Gasteiger partial charge is 0.237 e. The van der Waals surface area contributed by atoms with Gasteiger partial charge in [0.05, 0.1) is 0 Å². The summed E-state index contributed by atoms with van der Waals surface area (Å²) in [6.07, 6.45) is 5.44. The van der Waals surface area contributed by atoms with Crippen molar-refractivity contribution in [2.45, 2.75) is 33.1 Å². The van der Waals surface area contributed by atoms with E-state index in [4.69, 9.17) is 0 Å². The van der Waals surface area contributed by atoms with Crippen molar-refractivity contribution in [2.75, 3.05) is 0 Å². The summed E-state index contributed by atoms with van der Waals surface area (Å²) in [7, 11) is 0. The van der Waals surface area contributed by atoms with E-state index in [1.165, 1.54) is 17.7 Å². The zero-order valence-electron chi connectivity index (χ0n) is 8.88. The van der Waals surface area contributed by atoms with Crippen LogP contribution in [0.1, 0.15) is 37.4 Å². The van der Waals surface area contributed by atoms with Crippen LogP contribution in [0.15, 0.2) is 12.8 Å². The van der Waals surface area contributed by atoms with E-state index in [1.54, 1.807) is 0 Å². The number of nitrogens with zero attached hydrogens (tertiary/aromatic N) is 2. The smallest absolute Gasteiger partial charge is 0.154 e. The van der Waals surface area contributed by atoms with E-state index >= 15 is 0 Å². The molecule has 1 aromatic rings. The molecule has 0 fully saturated rings. The minimum atomic E-state index is 0.425. The lowest BCUT2D eigenvalue weighted by Crippen LogP contribution is -2.01. The van der Waals surface area contributed by atoms with E-state index in [-0.39, 0.29) is 0 Å². The lowest BCUT2D eigenvalue weighted by Gasteiger charge is -2.08. The summed E-state index contributed by atoms with van der Waals surface area (Å²) in [4.78, 5) is 8.92. The maximum Gasteiger partial charge on any atom is 0.154 e. The minimum absolute atomic E-state index is 0.425. The highest BCUT2D eigenvalue weighted by molar-refractivity contribution is 5.58. The van der Waals surface area contributed by atoms with Crippen LogP contribution in [0, 0.1) is 5.92 Å². The number of aryl methyl sites for hydroxylation is 2. The van der Waals surface area contributed by atoms with E-state index < -0.39 is 0 Å². The summed E-state index contributed by atoms with van der Waals surface area (Å²) in [6, 6.07) is 0. The van der Waals surface area contributed by atoms with Crippen LogP contribution in [0.3, 0.4) is 0 Å². The predicted molar refractivity (Wildman–Crippen MR) is 57.9 cm³/mol. The Balaban J connectivity index is 2.33. The molecular weight excluding hydrogens is 172 g/mol. The first kappa shape index (κ1) is 9.38. The predicted octanol–water partition coefficient (Wildman–Crippen LogP) is 2.63. The fourth-order valence-electron chi connectivity index (χ4n) is 1.73. The lowest BCUT2D eigenvalue weighted by molar-refractivity contribution is 0.834. The van der Waals surface area contributed by atoms with Crippen molar-refractivity contribution in [3.05, 3.63) is 29.9 Å². The van der Waals surface area contributed by atoms with Crippen LogP contribution in [0.5, 0.6) is 0 Å². The van der Waals surface area contributed by atoms with Gasteiger partial charge in [-0.15, -0.1) is 0 Å². The number of fused-ring (bicyclic) bond motifs is 1. The molecule has 1 heterocycles. The van der Waals surface area contributed by atoms with Crippen LogP contribution in [-0.2, 0) is 12.8 Å². The topological polar surface area (TPSA) is 25.8 Å². The molecule has 2 nitrogen and oxygen atoms in total. The van der Waals surface area contributed by atoms with Gasteiger partial charge in [0.25, 0.3) is 0 Å². The molecule has 0 radical (unpaired) electrons. The molecule has 0 unspecified atom stereocenters. The Labute approximate surface area is 85.1 Å². The molecule has 0 saturated heterocycles. The van der Waals surface area contributed by atoms with Gasteiger partial charge in [0.2, 0.25) is 0 Å². The maximum atomic E-state index is 4.56. The lowest BCUT2D eigenvalue weighted by atomic mass is 10.0. The molecule has 1 aliphatic carbocycles. The second-order valence-electron chi connectivity index (χ2n) is 4.20. The van der Waals surface area contributed by atoms with Gasteiger partial charge >= 0.3 is 0 Å². The third-order valence-electron chi connectivity index (χ3n) is 2.80. The molecule has 2 rings (SSSR count). The highest BCUT2D eigenvalue weighted by Gasteiger charge is 2.15. The Morgan fingerprint density at radius 2 is 2.21 bits per heavy atom. The normalized spacial score (nSPS) is 14.5. The monoisotopic (exact) mass is 188 g/mol. The molecule has 1 aliphatic rings. The third kappa shape index (κ3) is 1.57. The number of aromatic nitrogens is 2. The molecule has 0 spiro atoms. The maximum absolute atomic E-state index is 4.56. The Morgan fingerprint density at radius 3 is 2.93 bits per heavy atom. The first-order valence-corrected chi connectivity index (χ1v) is 5.22. The van der Waals surface area contributed by atoms with Crippen molar-refractivity contribution in [1.29, 1.82) is 0 Å². The molecule has 2 heteroatoms. The van der Waals surface area contributed by atoms with E-state index in [1.807, 2.05) is 6.20 Å². The zero-order valence-corrected chi connectivity index (χ0v) is 8.88. The molecule has 0 saturated carbocycles. The number of hydrogen-bond acceptors (Lipinski definition) is 2. The highest BCUT2D eigenvalue weighted by atomic mass is 14.9. The first-order chi connectivity index (χ1) is 6.68. The molecule has 0 atom stereocenters. The number of hydrogen-bond donors (Lipinski definition) is 0. The quantitative estimate of drug-likeness (QED) is 0.713. The van der Waals surface area contributed by atoms with Gasteiger partial charge in [-0.2, -0.15) is 0 Å². The van der Waals surface area contributed by atoms with Crippen molar-refractivity contribution < 1.29 is 0 Å². The van der Waals surface area contributed by atoms with E-state index in [9.17, 15) is 0 Å². The molecule has 0 N–H and O–H groups in total. The van der Waals surface area contributed by atoms with Gasteiger partial charge in [0, 0.05) is 11.9 Å². The molecule has 14 heavy (non-hydrogen) atoms. The van der Waals surface area contributed by atoms with Crippen LogP contribution in [0.25, 0.3) is 5.57 Å². The Morgan fingerprint density at radius 1 is 1.43 bits per heavy atom. The summed E-state index contributed by atoms with van der Waals surface area (Å²) < 4.78 is 0. The standard InChI is InChI=1S/C12H16N2/c1-8(2)9(3)12-13-7-10-5-4-6-11(10)14-12/h7-8H,3-6H2,1-2H3. The van der Waals surface area contributed by atoms with Gasteiger partial charge in [0.1, 0.15) is 0 Å². The Hall–Kier alpha value is -1.18. The van der Waals surface area contributed by atoms with Gasteiger partial charge in [-0.25, -0.2) is 9.97 Å². The fraction of sp³-hybridized carbons (Fsp3) is 0.500. The van der Waals surface area contributed by atoms with Crippen LogP contribution in [0.4, 0.5) is 0 Å². The van der Waals surface area contributed by atoms with E-state index in [0.29, 0.717) is 5.92 Å². The van der Waals surface area contributed by atoms with Gasteiger partial charge in [-0.3, -0.25) is 0 Å².